The molecule has 1 amide bonds. The van der Waals surface area contributed by atoms with Crippen molar-refractivity contribution in [3.8, 4) is 0 Å². The van der Waals surface area contributed by atoms with E-state index in [1.54, 1.807) is 13.0 Å². The van der Waals surface area contributed by atoms with Gasteiger partial charge in [-0.25, -0.2) is 4.39 Å². The lowest BCUT2D eigenvalue weighted by atomic mass is 9.84. The van der Waals surface area contributed by atoms with Gasteiger partial charge in [-0.15, -0.1) is 0 Å². The molecule has 0 bridgehead atoms. The van der Waals surface area contributed by atoms with Crippen molar-refractivity contribution in [2.75, 3.05) is 0 Å². The monoisotopic (exact) mass is 279 g/mol. The molecule has 0 saturated heterocycles. The van der Waals surface area contributed by atoms with Crippen molar-refractivity contribution < 1.29 is 19.1 Å². The van der Waals surface area contributed by atoms with Crippen molar-refractivity contribution >= 4 is 11.9 Å². The maximum absolute atomic E-state index is 13.3. The fourth-order valence-electron chi connectivity index (χ4n) is 2.72. The molecule has 1 aromatic carbocycles. The number of carbonyl (C=O) groups is 2. The van der Waals surface area contributed by atoms with Gasteiger partial charge in [-0.2, -0.15) is 0 Å². The summed E-state index contributed by atoms with van der Waals surface area (Å²) in [6.45, 7) is 1.71. The second-order valence-electron chi connectivity index (χ2n) is 5.33. The van der Waals surface area contributed by atoms with Gasteiger partial charge in [0.2, 0.25) is 0 Å². The highest BCUT2D eigenvalue weighted by molar-refractivity contribution is 5.94. The van der Waals surface area contributed by atoms with Gasteiger partial charge in [0.15, 0.2) is 0 Å². The lowest BCUT2D eigenvalue weighted by Gasteiger charge is -2.29. The summed E-state index contributed by atoms with van der Waals surface area (Å²) in [5.41, 5.74) is 0.894. The minimum Gasteiger partial charge on any atom is -0.481 e. The van der Waals surface area contributed by atoms with Crippen LogP contribution in [0.15, 0.2) is 18.2 Å². The van der Waals surface area contributed by atoms with Crippen LogP contribution in [0.3, 0.4) is 0 Å². The Hall–Kier alpha value is -1.91. The fraction of sp³-hybridized carbons (Fsp3) is 0.467. The Morgan fingerprint density at radius 3 is 2.60 bits per heavy atom. The molecule has 1 saturated carbocycles. The molecule has 1 aliphatic carbocycles. The zero-order chi connectivity index (χ0) is 14.7. The van der Waals surface area contributed by atoms with Crippen LogP contribution in [0.2, 0.25) is 0 Å². The number of aliphatic carboxylic acids is 1. The predicted molar refractivity (Wildman–Crippen MR) is 72.0 cm³/mol. The van der Waals surface area contributed by atoms with Crippen LogP contribution in [0, 0.1) is 18.7 Å². The molecule has 108 valence electrons. The van der Waals surface area contributed by atoms with Crippen LogP contribution < -0.4 is 5.32 Å². The molecule has 0 heterocycles. The van der Waals surface area contributed by atoms with E-state index in [-0.39, 0.29) is 11.6 Å². The molecule has 0 aromatic heterocycles. The SMILES string of the molecule is Cc1cc(F)cc(C(=O)NC2CCCCC2C(=O)O)c1. The van der Waals surface area contributed by atoms with Gasteiger partial charge in [0.05, 0.1) is 5.92 Å². The minimum atomic E-state index is -0.884. The molecule has 0 aliphatic heterocycles. The third kappa shape index (κ3) is 3.35. The molecule has 20 heavy (non-hydrogen) atoms. The zero-order valence-electron chi connectivity index (χ0n) is 11.4. The number of carboxylic acid groups (broad SMARTS) is 1. The van der Waals surface area contributed by atoms with Crippen LogP contribution in [-0.4, -0.2) is 23.0 Å². The Balaban J connectivity index is 2.11. The van der Waals surface area contributed by atoms with Crippen molar-refractivity contribution in [1.29, 1.82) is 0 Å². The first kappa shape index (κ1) is 14.5. The molecule has 5 heteroatoms. The summed E-state index contributed by atoms with van der Waals surface area (Å²) in [5, 5.41) is 11.9. The van der Waals surface area contributed by atoms with Crippen molar-refractivity contribution in [2.45, 2.75) is 38.6 Å². The minimum absolute atomic E-state index is 0.234. The highest BCUT2D eigenvalue weighted by atomic mass is 19.1. The average Bonchev–Trinajstić information content (AvgIpc) is 2.37. The van der Waals surface area contributed by atoms with Gasteiger partial charge in [0, 0.05) is 11.6 Å². The molecule has 2 unspecified atom stereocenters. The smallest absolute Gasteiger partial charge is 0.308 e. The molecule has 2 N–H and O–H groups in total. The van der Waals surface area contributed by atoms with Crippen LogP contribution in [0.25, 0.3) is 0 Å². The summed E-state index contributed by atoms with van der Waals surface area (Å²) in [5.74, 6) is -2.31. The average molecular weight is 279 g/mol. The molecule has 1 fully saturated rings. The number of hydrogen-bond acceptors (Lipinski definition) is 2. The van der Waals surface area contributed by atoms with Crippen molar-refractivity contribution in [2.24, 2.45) is 5.92 Å². The first-order valence-electron chi connectivity index (χ1n) is 6.78. The third-order valence-corrected chi connectivity index (χ3v) is 3.70. The van der Waals surface area contributed by atoms with Gasteiger partial charge in [-0.1, -0.05) is 12.8 Å². The van der Waals surface area contributed by atoms with Gasteiger partial charge in [-0.05, 0) is 43.5 Å². The predicted octanol–water partition coefficient (Wildman–Crippen LogP) is 2.51. The first-order chi connectivity index (χ1) is 9.47. The lowest BCUT2D eigenvalue weighted by Crippen LogP contribution is -2.45. The number of hydrogen-bond donors (Lipinski definition) is 2. The number of rotatable bonds is 3. The van der Waals surface area contributed by atoms with Crippen LogP contribution in [0.1, 0.15) is 41.6 Å². The molecular formula is C15H18FNO3. The lowest BCUT2D eigenvalue weighted by molar-refractivity contribution is -0.143. The van der Waals surface area contributed by atoms with Crippen molar-refractivity contribution in [3.05, 3.63) is 35.1 Å². The Morgan fingerprint density at radius 2 is 1.95 bits per heavy atom. The first-order valence-corrected chi connectivity index (χ1v) is 6.78. The van der Waals surface area contributed by atoms with Crippen LogP contribution in [0.4, 0.5) is 4.39 Å². The molecule has 1 aromatic rings. The maximum atomic E-state index is 13.3. The van der Waals surface area contributed by atoms with Crippen LogP contribution >= 0.6 is 0 Å². The summed E-state index contributed by atoms with van der Waals surface area (Å²) in [6.07, 6.45) is 2.98. The Bertz CT molecular complexity index is 510. The Morgan fingerprint density at radius 1 is 1.25 bits per heavy atom. The van der Waals surface area contributed by atoms with E-state index in [1.165, 1.54) is 12.1 Å². The quantitative estimate of drug-likeness (QED) is 0.893. The molecule has 2 atom stereocenters. The molecule has 2 rings (SSSR count). The Labute approximate surface area is 117 Å². The molecule has 0 spiro atoms. The molecule has 4 nitrogen and oxygen atoms in total. The van der Waals surface area contributed by atoms with E-state index in [4.69, 9.17) is 5.11 Å². The van der Waals surface area contributed by atoms with Gasteiger partial charge in [0.1, 0.15) is 5.82 Å². The fourth-order valence-corrected chi connectivity index (χ4v) is 2.72. The molecule has 1 aliphatic rings. The number of amides is 1. The van der Waals surface area contributed by atoms with Crippen LogP contribution in [-0.2, 0) is 4.79 Å². The van der Waals surface area contributed by atoms with Crippen molar-refractivity contribution in [1.82, 2.24) is 5.32 Å². The Kier molecular flexibility index (Phi) is 4.37. The highest BCUT2D eigenvalue weighted by Crippen LogP contribution is 2.25. The largest absolute Gasteiger partial charge is 0.481 e. The van der Waals surface area contributed by atoms with E-state index in [2.05, 4.69) is 5.32 Å². The van der Waals surface area contributed by atoms with E-state index < -0.39 is 23.6 Å². The maximum Gasteiger partial charge on any atom is 0.308 e. The van der Waals surface area contributed by atoms with E-state index in [1.807, 2.05) is 0 Å². The summed E-state index contributed by atoms with van der Waals surface area (Å²) >= 11 is 0. The normalized spacial score (nSPS) is 22.3. The van der Waals surface area contributed by atoms with E-state index in [0.29, 0.717) is 18.4 Å². The van der Waals surface area contributed by atoms with Crippen LogP contribution in [0.5, 0.6) is 0 Å². The zero-order valence-corrected chi connectivity index (χ0v) is 11.4. The number of benzene rings is 1. The second-order valence-corrected chi connectivity index (χ2v) is 5.33. The third-order valence-electron chi connectivity index (χ3n) is 3.70. The highest BCUT2D eigenvalue weighted by Gasteiger charge is 2.32. The number of aryl methyl sites for hydroxylation is 1. The van der Waals surface area contributed by atoms with E-state index in [9.17, 15) is 14.0 Å². The summed E-state index contributed by atoms with van der Waals surface area (Å²) in [7, 11) is 0. The number of carbonyl (C=O) groups excluding carboxylic acids is 1. The van der Waals surface area contributed by atoms with E-state index >= 15 is 0 Å². The number of halogens is 1. The van der Waals surface area contributed by atoms with Gasteiger partial charge < -0.3 is 10.4 Å². The van der Waals surface area contributed by atoms with Gasteiger partial charge >= 0.3 is 5.97 Å². The van der Waals surface area contributed by atoms with Gasteiger partial charge in [0.25, 0.3) is 5.91 Å². The topological polar surface area (TPSA) is 66.4 Å². The standard InChI is InChI=1S/C15H18FNO3/c1-9-6-10(8-11(16)7-9)14(18)17-13-5-3-2-4-12(13)15(19)20/h6-8,12-13H,2-5H2,1H3,(H,17,18)(H,19,20). The van der Waals surface area contributed by atoms with Crippen molar-refractivity contribution in [3.63, 3.8) is 0 Å². The number of nitrogens with one attached hydrogen (secondary N) is 1. The summed E-state index contributed by atoms with van der Waals surface area (Å²) in [4.78, 5) is 23.3. The molecular weight excluding hydrogens is 261 g/mol. The van der Waals surface area contributed by atoms with Gasteiger partial charge in [-0.3, -0.25) is 9.59 Å². The van der Waals surface area contributed by atoms with E-state index in [0.717, 1.165) is 12.8 Å². The number of carboxylic acids is 1. The molecule has 0 radical (unpaired) electrons. The second kappa shape index (κ2) is 6.03. The summed E-state index contributed by atoms with van der Waals surface area (Å²) < 4.78 is 13.3. The summed E-state index contributed by atoms with van der Waals surface area (Å²) in [6, 6.07) is 3.73.